The van der Waals surface area contributed by atoms with Gasteiger partial charge in [-0.3, -0.25) is 4.79 Å². The second-order valence-electron chi connectivity index (χ2n) is 5.94. The molecule has 0 saturated heterocycles. The van der Waals surface area contributed by atoms with E-state index in [4.69, 9.17) is 4.74 Å². The number of aryl methyl sites for hydroxylation is 1. The standard InChI is InChI=1S/C16H20N2O2/c1-3-17-9-12-7-6-11-8-13(19)16(20-2)15(18(11)12)14(17)10-4-5-10/h8,12H,3-7,9H2,1-2H3. The van der Waals surface area contributed by atoms with Crippen molar-refractivity contribution in [2.24, 2.45) is 0 Å². The van der Waals surface area contributed by atoms with E-state index in [-0.39, 0.29) is 5.43 Å². The third kappa shape index (κ3) is 1.51. The number of methoxy groups -OCH3 is 1. The molecule has 1 aromatic rings. The van der Waals surface area contributed by atoms with E-state index in [1.54, 1.807) is 13.2 Å². The van der Waals surface area contributed by atoms with Gasteiger partial charge in [-0.05, 0) is 38.2 Å². The summed E-state index contributed by atoms with van der Waals surface area (Å²) in [7, 11) is 1.62. The minimum atomic E-state index is 0.0334. The zero-order chi connectivity index (χ0) is 13.9. The Morgan fingerprint density at radius 3 is 2.80 bits per heavy atom. The fourth-order valence-corrected chi connectivity index (χ4v) is 3.77. The van der Waals surface area contributed by atoms with Crippen LogP contribution >= 0.6 is 0 Å². The summed E-state index contributed by atoms with van der Waals surface area (Å²) in [4.78, 5) is 14.8. The van der Waals surface area contributed by atoms with Crippen molar-refractivity contribution < 1.29 is 4.74 Å². The van der Waals surface area contributed by atoms with Gasteiger partial charge in [0.15, 0.2) is 5.75 Å². The quantitative estimate of drug-likeness (QED) is 0.827. The van der Waals surface area contributed by atoms with Gasteiger partial charge in [0.2, 0.25) is 5.43 Å². The van der Waals surface area contributed by atoms with Crippen LogP contribution in [0.5, 0.6) is 5.75 Å². The molecule has 4 heteroatoms. The van der Waals surface area contributed by atoms with Crippen LogP contribution in [0.15, 0.2) is 16.4 Å². The van der Waals surface area contributed by atoms with E-state index >= 15 is 0 Å². The van der Waals surface area contributed by atoms with Gasteiger partial charge in [0.1, 0.15) is 5.69 Å². The largest absolute Gasteiger partial charge is 0.491 e. The van der Waals surface area contributed by atoms with Gasteiger partial charge >= 0.3 is 0 Å². The van der Waals surface area contributed by atoms with Crippen molar-refractivity contribution in [3.8, 4) is 5.75 Å². The van der Waals surface area contributed by atoms with Gasteiger partial charge in [-0.2, -0.15) is 0 Å². The summed E-state index contributed by atoms with van der Waals surface area (Å²) in [6, 6.07) is 2.27. The highest BCUT2D eigenvalue weighted by Crippen LogP contribution is 2.46. The second-order valence-corrected chi connectivity index (χ2v) is 5.94. The highest BCUT2D eigenvalue weighted by molar-refractivity contribution is 5.73. The SMILES string of the molecule is CCN1CC2CCc3cc(=O)c(OC)c(n32)C1=C1CC1. The van der Waals surface area contributed by atoms with Crippen LogP contribution in [0.25, 0.3) is 5.70 Å². The molecular weight excluding hydrogens is 252 g/mol. The first kappa shape index (κ1) is 12.1. The molecule has 1 aliphatic carbocycles. The van der Waals surface area contributed by atoms with Crippen LogP contribution in [0.3, 0.4) is 0 Å². The first-order chi connectivity index (χ1) is 9.74. The van der Waals surface area contributed by atoms with Gasteiger partial charge in [-0.25, -0.2) is 0 Å². The van der Waals surface area contributed by atoms with E-state index in [9.17, 15) is 4.79 Å². The Kier molecular flexibility index (Phi) is 2.50. The number of nitrogens with zero attached hydrogens (tertiary/aromatic N) is 2. The van der Waals surface area contributed by atoms with Crippen molar-refractivity contribution in [2.75, 3.05) is 20.2 Å². The highest BCUT2D eigenvalue weighted by Gasteiger charge is 2.38. The lowest BCUT2D eigenvalue weighted by Gasteiger charge is -2.38. The summed E-state index contributed by atoms with van der Waals surface area (Å²) in [5.41, 5.74) is 5.03. The fourth-order valence-electron chi connectivity index (χ4n) is 3.77. The Hall–Kier alpha value is -1.71. The van der Waals surface area contributed by atoms with Crippen LogP contribution in [-0.4, -0.2) is 29.7 Å². The molecule has 3 aliphatic rings. The zero-order valence-electron chi connectivity index (χ0n) is 12.1. The summed E-state index contributed by atoms with van der Waals surface area (Å²) in [6.45, 7) is 4.26. The number of aromatic nitrogens is 1. The fraction of sp³-hybridized carbons (Fsp3) is 0.562. The topological polar surface area (TPSA) is 34.5 Å². The Bertz CT molecular complexity index is 666. The first-order valence-corrected chi connectivity index (χ1v) is 7.54. The van der Waals surface area contributed by atoms with Crippen LogP contribution in [0.2, 0.25) is 0 Å². The molecule has 4 rings (SSSR count). The minimum absolute atomic E-state index is 0.0334. The lowest BCUT2D eigenvalue weighted by Crippen LogP contribution is -2.37. The summed E-state index contributed by atoms with van der Waals surface area (Å²) >= 11 is 0. The van der Waals surface area contributed by atoms with E-state index in [1.807, 2.05) is 0 Å². The van der Waals surface area contributed by atoms with Gasteiger partial charge in [0, 0.05) is 24.8 Å². The summed E-state index contributed by atoms with van der Waals surface area (Å²) in [5, 5.41) is 0. The number of likely N-dealkylation sites (N-methyl/N-ethyl adjacent to an activating group) is 1. The van der Waals surface area contributed by atoms with E-state index in [0.29, 0.717) is 11.8 Å². The number of allylic oxidation sites excluding steroid dienone is 1. The maximum atomic E-state index is 12.3. The van der Waals surface area contributed by atoms with Gasteiger partial charge in [0.25, 0.3) is 0 Å². The molecule has 20 heavy (non-hydrogen) atoms. The monoisotopic (exact) mass is 272 g/mol. The van der Waals surface area contributed by atoms with Crippen molar-refractivity contribution in [1.82, 2.24) is 9.47 Å². The molecule has 0 radical (unpaired) electrons. The predicted octanol–water partition coefficient (Wildman–Crippen LogP) is 2.18. The van der Waals surface area contributed by atoms with Crippen molar-refractivity contribution in [3.05, 3.63) is 33.3 Å². The number of rotatable bonds is 2. The Balaban J connectivity index is 2.05. The summed E-state index contributed by atoms with van der Waals surface area (Å²) < 4.78 is 7.86. The van der Waals surface area contributed by atoms with Crippen LogP contribution in [0.1, 0.15) is 43.6 Å². The lowest BCUT2D eigenvalue weighted by atomic mass is 10.1. The molecule has 1 saturated carbocycles. The van der Waals surface area contributed by atoms with E-state index < -0.39 is 0 Å². The Morgan fingerprint density at radius 2 is 2.15 bits per heavy atom. The average Bonchev–Trinajstić information content (AvgIpc) is 3.21. The van der Waals surface area contributed by atoms with Gasteiger partial charge < -0.3 is 14.2 Å². The molecule has 106 valence electrons. The zero-order valence-corrected chi connectivity index (χ0v) is 12.1. The van der Waals surface area contributed by atoms with Crippen molar-refractivity contribution in [3.63, 3.8) is 0 Å². The Morgan fingerprint density at radius 1 is 1.35 bits per heavy atom. The summed E-state index contributed by atoms with van der Waals surface area (Å²) in [5.74, 6) is 0.535. The highest BCUT2D eigenvalue weighted by atomic mass is 16.5. The average molecular weight is 272 g/mol. The Labute approximate surface area is 118 Å². The van der Waals surface area contributed by atoms with Gasteiger partial charge in [0.05, 0.1) is 18.8 Å². The van der Waals surface area contributed by atoms with E-state index in [1.165, 1.54) is 17.0 Å². The molecule has 1 fully saturated rings. The second kappa shape index (κ2) is 4.14. The lowest BCUT2D eigenvalue weighted by molar-refractivity contribution is 0.300. The molecule has 0 amide bonds. The maximum Gasteiger partial charge on any atom is 0.224 e. The molecule has 1 atom stereocenters. The van der Waals surface area contributed by atoms with E-state index in [2.05, 4.69) is 16.4 Å². The van der Waals surface area contributed by atoms with Crippen molar-refractivity contribution in [2.45, 2.75) is 38.6 Å². The van der Waals surface area contributed by atoms with Crippen LogP contribution in [0.4, 0.5) is 0 Å². The van der Waals surface area contributed by atoms with Crippen molar-refractivity contribution >= 4 is 5.70 Å². The molecule has 1 unspecified atom stereocenters. The third-order valence-corrected chi connectivity index (χ3v) is 4.78. The first-order valence-electron chi connectivity index (χ1n) is 7.54. The minimum Gasteiger partial charge on any atom is -0.491 e. The van der Waals surface area contributed by atoms with Crippen LogP contribution < -0.4 is 10.2 Å². The van der Waals surface area contributed by atoms with Crippen LogP contribution in [-0.2, 0) is 6.42 Å². The number of hydrogen-bond acceptors (Lipinski definition) is 3. The molecular formula is C16H20N2O2. The molecule has 4 nitrogen and oxygen atoms in total. The number of ether oxygens (including phenoxy) is 1. The smallest absolute Gasteiger partial charge is 0.224 e. The molecule has 0 spiro atoms. The number of pyridine rings is 1. The van der Waals surface area contributed by atoms with Crippen molar-refractivity contribution in [1.29, 1.82) is 0 Å². The van der Waals surface area contributed by atoms with Gasteiger partial charge in [-0.15, -0.1) is 0 Å². The normalized spacial score (nSPS) is 23.1. The molecule has 1 aromatic heterocycles. The molecule has 3 heterocycles. The molecule has 0 aromatic carbocycles. The summed E-state index contributed by atoms with van der Waals surface area (Å²) in [6.07, 6.45) is 4.48. The molecule has 0 bridgehead atoms. The van der Waals surface area contributed by atoms with Crippen LogP contribution in [0, 0.1) is 0 Å². The number of hydrogen-bond donors (Lipinski definition) is 0. The molecule has 2 aliphatic heterocycles. The van der Waals surface area contributed by atoms with E-state index in [0.717, 1.165) is 44.5 Å². The predicted molar refractivity (Wildman–Crippen MR) is 78.0 cm³/mol. The third-order valence-electron chi connectivity index (χ3n) is 4.78. The van der Waals surface area contributed by atoms with Gasteiger partial charge in [-0.1, -0.05) is 0 Å². The molecule has 0 N–H and O–H groups in total. The maximum absolute atomic E-state index is 12.3.